The monoisotopic (exact) mass is 149 g/mol. The van der Waals surface area contributed by atoms with E-state index in [0.717, 1.165) is 0 Å². The lowest BCUT2D eigenvalue weighted by molar-refractivity contribution is 0.393. The van der Waals surface area contributed by atoms with E-state index in [1.807, 2.05) is 6.07 Å². The summed E-state index contributed by atoms with van der Waals surface area (Å²) >= 11 is 0. The molecule has 3 nitrogen and oxygen atoms in total. The van der Waals surface area contributed by atoms with Crippen LogP contribution in [0, 0.1) is 0 Å². The molecule has 55 valence electrons. The van der Waals surface area contributed by atoms with Crippen molar-refractivity contribution in [2.75, 3.05) is 0 Å². The minimum Gasteiger partial charge on any atom is -0.450 e. The van der Waals surface area contributed by atoms with E-state index in [4.69, 9.17) is 10.0 Å². The summed E-state index contributed by atoms with van der Waals surface area (Å²) in [7, 11) is -0.612. The summed E-state index contributed by atoms with van der Waals surface area (Å²) in [5, 5.41) is 17.3. The van der Waals surface area contributed by atoms with Gasteiger partial charge >= 0.3 is 14.8 Å². The van der Waals surface area contributed by atoms with Crippen molar-refractivity contribution < 1.29 is 14.6 Å². The zero-order chi connectivity index (χ0) is 8.10. The molecule has 0 atom stereocenters. The molecule has 0 saturated carbocycles. The lowest BCUT2D eigenvalue weighted by Gasteiger charge is -2.03. The molecule has 0 aliphatic rings. The molecule has 1 radical (unpaired) electrons. The molecule has 5 heteroatoms. The van der Waals surface area contributed by atoms with Crippen molar-refractivity contribution in [3.05, 3.63) is 30.3 Å². The Morgan fingerprint density at radius 2 is 1.91 bits per heavy atom. The van der Waals surface area contributed by atoms with Gasteiger partial charge in [-0.1, -0.05) is 30.3 Å². The van der Waals surface area contributed by atoms with Crippen LogP contribution in [-0.2, 0) is 4.57 Å². The molecule has 0 fully saturated rings. The molecular weight excluding hydrogens is 142 g/mol. The number of hydrogen-bond donors (Lipinski definition) is 2. The Hall–Kier alpha value is -0.770. The Morgan fingerprint density at radius 3 is 2.45 bits per heavy atom. The molecule has 0 unspecified atom stereocenters. The van der Waals surface area contributed by atoms with Gasteiger partial charge < -0.3 is 14.6 Å². The number of benzene rings is 1. The van der Waals surface area contributed by atoms with E-state index in [-0.39, 0.29) is 0 Å². The Bertz CT molecular complexity index is 204. The molecule has 1 rings (SSSR count). The summed E-state index contributed by atoms with van der Waals surface area (Å²) < 4.78 is 4.41. The van der Waals surface area contributed by atoms with Crippen LogP contribution in [-0.4, -0.2) is 24.9 Å². The van der Waals surface area contributed by atoms with Crippen LogP contribution in [0.4, 0.5) is 0 Å². The Balaban J connectivity index is 2.61. The molecule has 0 aliphatic heterocycles. The SMILES string of the molecule is O[B]OB(O)c1ccccc1. The van der Waals surface area contributed by atoms with Crippen LogP contribution in [0.5, 0.6) is 0 Å². The minimum atomic E-state index is -1.08. The van der Waals surface area contributed by atoms with E-state index < -0.39 is 7.12 Å². The third kappa shape index (κ3) is 2.38. The highest BCUT2D eigenvalue weighted by molar-refractivity contribution is 6.63. The zero-order valence-corrected chi connectivity index (χ0v) is 5.84. The topological polar surface area (TPSA) is 49.7 Å². The molecule has 0 heterocycles. The average Bonchev–Trinajstić information content (AvgIpc) is 2.07. The fraction of sp³-hybridized carbons (Fsp3) is 0. The van der Waals surface area contributed by atoms with Gasteiger partial charge in [0.05, 0.1) is 0 Å². The molecule has 0 saturated heterocycles. The third-order valence-electron chi connectivity index (χ3n) is 1.27. The van der Waals surface area contributed by atoms with Crippen molar-refractivity contribution in [1.82, 2.24) is 0 Å². The van der Waals surface area contributed by atoms with Gasteiger partial charge in [-0.05, 0) is 5.46 Å². The first kappa shape index (κ1) is 8.33. The van der Waals surface area contributed by atoms with Crippen molar-refractivity contribution in [2.24, 2.45) is 0 Å². The highest BCUT2D eigenvalue weighted by Gasteiger charge is 2.14. The lowest BCUT2D eigenvalue weighted by Crippen LogP contribution is -2.34. The van der Waals surface area contributed by atoms with Crippen LogP contribution in [0.1, 0.15) is 0 Å². The standard InChI is InChI=1S/C6H7B2O3/c9-7-11-8(10)6-4-2-1-3-5-6/h1-5,9-10H. The fourth-order valence-electron chi connectivity index (χ4n) is 0.754. The molecule has 0 aliphatic carbocycles. The highest BCUT2D eigenvalue weighted by atomic mass is 16.5. The van der Waals surface area contributed by atoms with Gasteiger partial charge in [0, 0.05) is 0 Å². The van der Waals surface area contributed by atoms with E-state index in [2.05, 4.69) is 4.57 Å². The van der Waals surface area contributed by atoms with Gasteiger partial charge in [0.25, 0.3) is 0 Å². The molecule has 0 bridgehead atoms. The van der Waals surface area contributed by atoms with Gasteiger partial charge in [-0.3, -0.25) is 0 Å². The molecule has 2 N–H and O–H groups in total. The predicted molar refractivity (Wildman–Crippen MR) is 43.1 cm³/mol. The van der Waals surface area contributed by atoms with Crippen LogP contribution < -0.4 is 5.46 Å². The van der Waals surface area contributed by atoms with Crippen LogP contribution >= 0.6 is 0 Å². The first-order valence-electron chi connectivity index (χ1n) is 3.19. The maximum absolute atomic E-state index is 9.11. The maximum atomic E-state index is 9.11. The zero-order valence-electron chi connectivity index (χ0n) is 5.84. The Labute approximate surface area is 66.1 Å². The largest absolute Gasteiger partial charge is 0.477 e. The van der Waals surface area contributed by atoms with Crippen LogP contribution in [0.15, 0.2) is 30.3 Å². The van der Waals surface area contributed by atoms with Crippen LogP contribution in [0.25, 0.3) is 0 Å². The fourth-order valence-corrected chi connectivity index (χ4v) is 0.754. The van der Waals surface area contributed by atoms with E-state index in [0.29, 0.717) is 13.1 Å². The van der Waals surface area contributed by atoms with E-state index in [9.17, 15) is 0 Å². The van der Waals surface area contributed by atoms with Gasteiger partial charge in [-0.15, -0.1) is 0 Å². The average molecular weight is 149 g/mol. The minimum absolute atomic E-state index is 0.470. The van der Waals surface area contributed by atoms with Crippen molar-refractivity contribution >= 4 is 20.3 Å². The lowest BCUT2D eigenvalue weighted by atomic mass is 9.78. The second-order valence-electron chi connectivity index (χ2n) is 2.00. The quantitative estimate of drug-likeness (QED) is 0.537. The molecule has 0 aromatic heterocycles. The van der Waals surface area contributed by atoms with Crippen LogP contribution in [0.3, 0.4) is 0 Å². The first-order valence-corrected chi connectivity index (χ1v) is 3.19. The smallest absolute Gasteiger partial charge is 0.450 e. The molecule has 1 aromatic carbocycles. The molecule has 11 heavy (non-hydrogen) atoms. The summed E-state index contributed by atoms with van der Waals surface area (Å²) in [6.45, 7) is 0. The van der Waals surface area contributed by atoms with Gasteiger partial charge in [0.15, 0.2) is 0 Å². The van der Waals surface area contributed by atoms with Gasteiger partial charge in [-0.25, -0.2) is 0 Å². The predicted octanol–water partition coefficient (Wildman–Crippen LogP) is -1.08. The van der Waals surface area contributed by atoms with Crippen molar-refractivity contribution in [2.45, 2.75) is 0 Å². The molecule has 0 amide bonds. The third-order valence-corrected chi connectivity index (χ3v) is 1.27. The van der Waals surface area contributed by atoms with E-state index in [1.165, 1.54) is 0 Å². The van der Waals surface area contributed by atoms with Gasteiger partial charge in [-0.2, -0.15) is 0 Å². The Morgan fingerprint density at radius 1 is 1.27 bits per heavy atom. The second-order valence-corrected chi connectivity index (χ2v) is 2.00. The van der Waals surface area contributed by atoms with E-state index >= 15 is 0 Å². The van der Waals surface area contributed by atoms with Gasteiger partial charge in [0.2, 0.25) is 0 Å². The normalized spacial score (nSPS) is 9.27. The summed E-state index contributed by atoms with van der Waals surface area (Å²) in [6.07, 6.45) is 0. The number of hydrogen-bond acceptors (Lipinski definition) is 3. The summed E-state index contributed by atoms with van der Waals surface area (Å²) in [5.74, 6) is 0. The number of rotatable bonds is 3. The first-order chi connectivity index (χ1) is 5.34. The summed E-state index contributed by atoms with van der Waals surface area (Å²) in [4.78, 5) is 0. The molecule has 0 spiro atoms. The maximum Gasteiger partial charge on any atom is 0.477 e. The highest BCUT2D eigenvalue weighted by Crippen LogP contribution is 1.85. The van der Waals surface area contributed by atoms with Gasteiger partial charge in [0.1, 0.15) is 0 Å². The van der Waals surface area contributed by atoms with Crippen molar-refractivity contribution in [3.8, 4) is 0 Å². The van der Waals surface area contributed by atoms with Crippen LogP contribution in [0.2, 0.25) is 0 Å². The van der Waals surface area contributed by atoms with Crippen molar-refractivity contribution in [3.63, 3.8) is 0 Å². The molecular formula is C6H7B2O3. The summed E-state index contributed by atoms with van der Waals surface area (Å²) in [5.41, 5.74) is 0.609. The molecule has 1 aromatic rings. The van der Waals surface area contributed by atoms with Crippen molar-refractivity contribution in [1.29, 1.82) is 0 Å². The van der Waals surface area contributed by atoms with E-state index in [1.54, 1.807) is 24.3 Å². The second kappa shape index (κ2) is 4.18. The summed E-state index contributed by atoms with van der Waals surface area (Å²) in [6, 6.07) is 8.79. The Kier molecular flexibility index (Phi) is 3.16.